The van der Waals surface area contributed by atoms with Crippen molar-refractivity contribution in [2.45, 2.75) is 31.7 Å². The molecule has 3 nitrogen and oxygen atoms in total. The first kappa shape index (κ1) is 15.3. The maximum atomic E-state index is 11.4. The molecular formula is C20H19ClN2O. The van der Waals surface area contributed by atoms with E-state index in [1.807, 2.05) is 30.3 Å². The third-order valence-corrected chi connectivity index (χ3v) is 4.90. The lowest BCUT2D eigenvalue weighted by atomic mass is 9.94. The molecule has 0 atom stereocenters. The van der Waals surface area contributed by atoms with Gasteiger partial charge < -0.3 is 10.3 Å². The first-order valence-corrected chi connectivity index (χ1v) is 8.73. The van der Waals surface area contributed by atoms with Gasteiger partial charge in [-0.3, -0.25) is 4.79 Å². The summed E-state index contributed by atoms with van der Waals surface area (Å²) in [5, 5.41) is 5.39. The molecule has 1 aliphatic carbocycles. The second-order valence-electron chi connectivity index (χ2n) is 6.42. The summed E-state index contributed by atoms with van der Waals surface area (Å²) in [7, 11) is 0. The van der Waals surface area contributed by atoms with Crippen molar-refractivity contribution >= 4 is 34.0 Å². The summed E-state index contributed by atoms with van der Waals surface area (Å²) in [6.07, 6.45) is 3.11. The van der Waals surface area contributed by atoms with Gasteiger partial charge in [0.1, 0.15) is 5.78 Å². The standard InChI is InChI=1S/C20H19ClN2O/c21-15-10-14-11-18(13-4-2-1-3-5-13)23-20(14)19(12-15)22-16-6-8-17(24)9-7-16/h1-5,10-12,16,22-23H,6-9H2. The second-order valence-corrected chi connectivity index (χ2v) is 6.86. The van der Waals surface area contributed by atoms with Crippen LogP contribution in [0.15, 0.2) is 48.5 Å². The van der Waals surface area contributed by atoms with Gasteiger partial charge in [0.2, 0.25) is 0 Å². The largest absolute Gasteiger partial charge is 0.381 e. The Kier molecular flexibility index (Phi) is 4.03. The van der Waals surface area contributed by atoms with Crippen LogP contribution in [0.1, 0.15) is 25.7 Å². The highest BCUT2D eigenvalue weighted by atomic mass is 35.5. The van der Waals surface area contributed by atoms with Gasteiger partial charge in [-0.2, -0.15) is 0 Å². The van der Waals surface area contributed by atoms with Crippen LogP contribution in [0.3, 0.4) is 0 Å². The Morgan fingerprint density at radius 3 is 2.54 bits per heavy atom. The summed E-state index contributed by atoms with van der Waals surface area (Å²) in [6, 6.07) is 16.7. The lowest BCUT2D eigenvalue weighted by Gasteiger charge is -2.23. The minimum atomic E-state index is 0.327. The number of carbonyl (C=O) groups excluding carboxylic acids is 1. The summed E-state index contributed by atoms with van der Waals surface area (Å²) in [6.45, 7) is 0. The molecule has 2 aromatic carbocycles. The maximum Gasteiger partial charge on any atom is 0.133 e. The lowest BCUT2D eigenvalue weighted by molar-refractivity contribution is -0.120. The Balaban J connectivity index is 1.70. The lowest BCUT2D eigenvalue weighted by Crippen LogP contribution is -2.26. The van der Waals surface area contributed by atoms with Crippen LogP contribution in [0, 0.1) is 0 Å². The molecule has 1 aliphatic rings. The average molecular weight is 339 g/mol. The number of benzene rings is 2. The van der Waals surface area contributed by atoms with Crippen molar-refractivity contribution in [3.8, 4) is 11.3 Å². The molecule has 122 valence electrons. The van der Waals surface area contributed by atoms with Crippen LogP contribution in [0.2, 0.25) is 5.02 Å². The fourth-order valence-corrected chi connectivity index (χ4v) is 3.63. The van der Waals surface area contributed by atoms with Gasteiger partial charge in [0.25, 0.3) is 0 Å². The minimum absolute atomic E-state index is 0.327. The molecule has 1 aromatic heterocycles. The molecule has 0 radical (unpaired) electrons. The van der Waals surface area contributed by atoms with Gasteiger partial charge in [-0.25, -0.2) is 0 Å². The summed E-state index contributed by atoms with van der Waals surface area (Å²) in [4.78, 5) is 15.0. The number of ketones is 1. The molecule has 1 fully saturated rings. The average Bonchev–Trinajstić information content (AvgIpc) is 3.02. The van der Waals surface area contributed by atoms with Crippen LogP contribution in [0.25, 0.3) is 22.2 Å². The zero-order chi connectivity index (χ0) is 16.5. The van der Waals surface area contributed by atoms with E-state index in [1.54, 1.807) is 0 Å². The van der Waals surface area contributed by atoms with E-state index in [1.165, 1.54) is 0 Å². The van der Waals surface area contributed by atoms with E-state index in [9.17, 15) is 4.79 Å². The predicted octanol–water partition coefficient (Wildman–Crippen LogP) is 5.41. The number of carbonyl (C=O) groups is 1. The first-order valence-electron chi connectivity index (χ1n) is 8.35. The van der Waals surface area contributed by atoms with Crippen LogP contribution < -0.4 is 5.32 Å². The highest BCUT2D eigenvalue weighted by Gasteiger charge is 2.19. The van der Waals surface area contributed by atoms with Crippen LogP contribution in [-0.4, -0.2) is 16.8 Å². The van der Waals surface area contributed by atoms with Crippen LogP contribution in [0.5, 0.6) is 0 Å². The molecule has 1 heterocycles. The molecule has 0 bridgehead atoms. The number of Topliss-reactive ketones (excluding diaryl/α,β-unsaturated/α-hetero) is 1. The van der Waals surface area contributed by atoms with E-state index < -0.39 is 0 Å². The SMILES string of the molecule is O=C1CCC(Nc2cc(Cl)cc3cc(-c4ccccc4)[nH]c23)CC1. The van der Waals surface area contributed by atoms with E-state index in [2.05, 4.69) is 28.5 Å². The number of aromatic amines is 1. The molecule has 4 rings (SSSR count). The summed E-state index contributed by atoms with van der Waals surface area (Å²) < 4.78 is 0. The van der Waals surface area contributed by atoms with E-state index in [0.29, 0.717) is 24.7 Å². The van der Waals surface area contributed by atoms with Gasteiger partial charge in [-0.05, 0) is 36.6 Å². The molecule has 0 unspecified atom stereocenters. The number of hydrogen-bond acceptors (Lipinski definition) is 2. The van der Waals surface area contributed by atoms with Crippen molar-refractivity contribution in [2.75, 3.05) is 5.32 Å². The van der Waals surface area contributed by atoms with Gasteiger partial charge in [-0.15, -0.1) is 0 Å². The smallest absolute Gasteiger partial charge is 0.133 e. The Morgan fingerprint density at radius 1 is 1.04 bits per heavy atom. The molecule has 0 saturated heterocycles. The topological polar surface area (TPSA) is 44.9 Å². The van der Waals surface area contributed by atoms with Gasteiger partial charge >= 0.3 is 0 Å². The van der Waals surface area contributed by atoms with E-state index in [0.717, 1.165) is 45.7 Å². The van der Waals surface area contributed by atoms with Crippen molar-refractivity contribution in [2.24, 2.45) is 0 Å². The fraction of sp³-hybridized carbons (Fsp3) is 0.250. The van der Waals surface area contributed by atoms with Crippen molar-refractivity contribution in [1.82, 2.24) is 4.98 Å². The Labute approximate surface area is 146 Å². The third-order valence-electron chi connectivity index (χ3n) is 4.68. The van der Waals surface area contributed by atoms with Crippen molar-refractivity contribution in [3.63, 3.8) is 0 Å². The molecule has 4 heteroatoms. The summed E-state index contributed by atoms with van der Waals surface area (Å²) in [5.74, 6) is 0.371. The number of nitrogens with one attached hydrogen (secondary N) is 2. The fourth-order valence-electron chi connectivity index (χ4n) is 3.40. The minimum Gasteiger partial charge on any atom is -0.381 e. The van der Waals surface area contributed by atoms with Crippen molar-refractivity contribution < 1.29 is 4.79 Å². The number of aromatic nitrogens is 1. The van der Waals surface area contributed by atoms with Gasteiger partial charge in [0.05, 0.1) is 11.2 Å². The highest BCUT2D eigenvalue weighted by Crippen LogP contribution is 2.33. The van der Waals surface area contributed by atoms with E-state index >= 15 is 0 Å². The van der Waals surface area contributed by atoms with Gasteiger partial charge in [0.15, 0.2) is 0 Å². The first-order chi connectivity index (χ1) is 11.7. The Morgan fingerprint density at radius 2 is 1.79 bits per heavy atom. The van der Waals surface area contributed by atoms with Crippen molar-refractivity contribution in [1.29, 1.82) is 0 Å². The van der Waals surface area contributed by atoms with Crippen molar-refractivity contribution in [3.05, 3.63) is 53.6 Å². The molecule has 2 N–H and O–H groups in total. The van der Waals surface area contributed by atoms with E-state index in [4.69, 9.17) is 11.6 Å². The Hall–Kier alpha value is -2.26. The summed E-state index contributed by atoms with van der Waals surface area (Å²) >= 11 is 6.31. The quantitative estimate of drug-likeness (QED) is 0.670. The zero-order valence-electron chi connectivity index (χ0n) is 13.3. The normalized spacial score (nSPS) is 15.8. The number of rotatable bonds is 3. The van der Waals surface area contributed by atoms with Gasteiger partial charge in [-0.1, -0.05) is 41.9 Å². The van der Waals surface area contributed by atoms with Crippen LogP contribution in [-0.2, 0) is 4.79 Å². The molecule has 3 aromatic rings. The highest BCUT2D eigenvalue weighted by molar-refractivity contribution is 6.32. The molecule has 24 heavy (non-hydrogen) atoms. The number of anilines is 1. The number of hydrogen-bond donors (Lipinski definition) is 2. The number of halogens is 1. The predicted molar refractivity (Wildman–Crippen MR) is 99.6 cm³/mol. The number of fused-ring (bicyclic) bond motifs is 1. The molecule has 1 saturated carbocycles. The number of H-pyrrole nitrogens is 1. The molecular weight excluding hydrogens is 320 g/mol. The monoisotopic (exact) mass is 338 g/mol. The molecule has 0 spiro atoms. The second kappa shape index (κ2) is 6.33. The molecule has 0 aliphatic heterocycles. The van der Waals surface area contributed by atoms with Gasteiger partial charge in [0, 0.05) is 35.0 Å². The third kappa shape index (κ3) is 3.04. The van der Waals surface area contributed by atoms with E-state index in [-0.39, 0.29) is 0 Å². The molecule has 0 amide bonds. The maximum absolute atomic E-state index is 11.4. The Bertz CT molecular complexity index is 875. The van der Waals surface area contributed by atoms with Crippen LogP contribution >= 0.6 is 11.6 Å². The van der Waals surface area contributed by atoms with Crippen LogP contribution in [0.4, 0.5) is 5.69 Å². The summed E-state index contributed by atoms with van der Waals surface area (Å²) in [5.41, 5.74) is 4.31. The zero-order valence-corrected chi connectivity index (χ0v) is 14.1.